The van der Waals surface area contributed by atoms with E-state index in [1.807, 2.05) is 0 Å². The van der Waals surface area contributed by atoms with Gasteiger partial charge in [0, 0.05) is 12.6 Å². The Morgan fingerprint density at radius 1 is 1.00 bits per heavy atom. The molecule has 0 aliphatic carbocycles. The van der Waals surface area contributed by atoms with Crippen molar-refractivity contribution in [2.24, 2.45) is 5.10 Å². The zero-order valence-electron chi connectivity index (χ0n) is 20.1. The van der Waals surface area contributed by atoms with E-state index in [2.05, 4.69) is 10.5 Å². The Bertz CT molecular complexity index is 1390. The van der Waals surface area contributed by atoms with Gasteiger partial charge in [-0.2, -0.15) is 18.3 Å². The van der Waals surface area contributed by atoms with E-state index in [0.29, 0.717) is 34.8 Å². The van der Waals surface area contributed by atoms with Crippen LogP contribution in [0.1, 0.15) is 16.7 Å². The SMILES string of the molecule is COc1ccc(CC(=O)NN=Cc2ccccc2N(C)S(=O)(=O)c2ccc(C(F)(F)F)cc2)cc1OC. The second kappa shape index (κ2) is 11.3. The number of anilines is 1. The van der Waals surface area contributed by atoms with Gasteiger partial charge in [0.25, 0.3) is 10.0 Å². The average molecular weight is 536 g/mol. The summed E-state index contributed by atoms with van der Waals surface area (Å²) >= 11 is 0. The Balaban J connectivity index is 1.74. The van der Waals surface area contributed by atoms with Crippen LogP contribution in [0.15, 0.2) is 76.7 Å². The number of rotatable bonds is 9. The summed E-state index contributed by atoms with van der Waals surface area (Å²) in [5, 5.41) is 3.92. The largest absolute Gasteiger partial charge is 0.493 e. The number of benzene rings is 3. The summed E-state index contributed by atoms with van der Waals surface area (Å²) in [6, 6.07) is 14.6. The molecule has 0 unspecified atom stereocenters. The van der Waals surface area contributed by atoms with Gasteiger partial charge in [-0.1, -0.05) is 24.3 Å². The van der Waals surface area contributed by atoms with Crippen LogP contribution in [0.4, 0.5) is 18.9 Å². The van der Waals surface area contributed by atoms with Crippen LogP contribution in [-0.2, 0) is 27.4 Å². The molecule has 0 saturated heterocycles. The maximum absolute atomic E-state index is 13.0. The number of hydrazone groups is 1. The van der Waals surface area contributed by atoms with Crippen molar-refractivity contribution in [1.29, 1.82) is 0 Å². The molecule has 0 spiro atoms. The summed E-state index contributed by atoms with van der Waals surface area (Å²) in [7, 11) is 0.0841. The molecule has 8 nitrogen and oxygen atoms in total. The third-order valence-electron chi connectivity index (χ3n) is 5.32. The number of methoxy groups -OCH3 is 2. The van der Waals surface area contributed by atoms with Gasteiger partial charge in [0.05, 0.1) is 43.0 Å². The lowest BCUT2D eigenvalue weighted by Crippen LogP contribution is -2.27. The van der Waals surface area contributed by atoms with Crippen LogP contribution in [0.25, 0.3) is 0 Å². The average Bonchev–Trinajstić information content (AvgIpc) is 2.88. The molecular formula is C25H24F3N3O5S. The zero-order valence-corrected chi connectivity index (χ0v) is 20.9. The van der Waals surface area contributed by atoms with Crippen LogP contribution >= 0.6 is 0 Å². The zero-order chi connectivity index (χ0) is 27.2. The van der Waals surface area contributed by atoms with Crippen molar-refractivity contribution in [1.82, 2.24) is 5.43 Å². The van der Waals surface area contributed by atoms with Gasteiger partial charge >= 0.3 is 6.18 Å². The molecule has 3 aromatic carbocycles. The molecule has 0 aliphatic heterocycles. The first-order valence-electron chi connectivity index (χ1n) is 10.8. The van der Waals surface area contributed by atoms with E-state index in [1.54, 1.807) is 36.4 Å². The Labute approximate surface area is 212 Å². The van der Waals surface area contributed by atoms with Crippen LogP contribution in [0.2, 0.25) is 0 Å². The minimum absolute atomic E-state index is 0.00153. The molecule has 0 bridgehead atoms. The van der Waals surface area contributed by atoms with Crippen molar-refractivity contribution in [2.75, 3.05) is 25.6 Å². The third kappa shape index (κ3) is 6.58. The van der Waals surface area contributed by atoms with Crippen molar-refractivity contribution in [2.45, 2.75) is 17.5 Å². The van der Waals surface area contributed by atoms with E-state index in [0.717, 1.165) is 16.4 Å². The molecular weight excluding hydrogens is 511 g/mol. The van der Waals surface area contributed by atoms with Crippen molar-refractivity contribution in [3.05, 3.63) is 83.4 Å². The smallest absolute Gasteiger partial charge is 0.416 e. The second-order valence-corrected chi connectivity index (χ2v) is 9.68. The highest BCUT2D eigenvalue weighted by Crippen LogP contribution is 2.31. The Morgan fingerprint density at radius 3 is 2.27 bits per heavy atom. The quantitative estimate of drug-likeness (QED) is 0.327. The number of alkyl halides is 3. The summed E-state index contributed by atoms with van der Waals surface area (Å²) in [5.41, 5.74) is 2.66. The molecule has 3 rings (SSSR count). The highest BCUT2D eigenvalue weighted by Gasteiger charge is 2.31. The molecule has 1 amide bonds. The molecule has 1 N–H and O–H groups in total. The molecule has 196 valence electrons. The number of sulfonamides is 1. The van der Waals surface area contributed by atoms with Crippen LogP contribution in [0, 0.1) is 0 Å². The number of para-hydroxylation sites is 1. The second-order valence-electron chi connectivity index (χ2n) is 7.71. The first kappa shape index (κ1) is 27.5. The van der Waals surface area contributed by atoms with Crippen molar-refractivity contribution in [3.63, 3.8) is 0 Å². The summed E-state index contributed by atoms with van der Waals surface area (Å²) in [5.74, 6) is 0.575. The summed E-state index contributed by atoms with van der Waals surface area (Å²) in [6.45, 7) is 0. The Hall–Kier alpha value is -4.06. The topological polar surface area (TPSA) is 97.3 Å². The molecule has 0 aromatic heterocycles. The van der Waals surface area contributed by atoms with E-state index in [9.17, 15) is 26.4 Å². The molecule has 0 atom stereocenters. The summed E-state index contributed by atoms with van der Waals surface area (Å²) in [4.78, 5) is 12.0. The van der Waals surface area contributed by atoms with Gasteiger partial charge in [0.15, 0.2) is 11.5 Å². The van der Waals surface area contributed by atoms with E-state index >= 15 is 0 Å². The predicted octanol–water partition coefficient (Wildman–Crippen LogP) is 4.24. The molecule has 3 aromatic rings. The summed E-state index contributed by atoms with van der Waals surface area (Å²) in [6.07, 6.45) is -3.30. The van der Waals surface area contributed by atoms with E-state index in [1.165, 1.54) is 33.5 Å². The molecule has 12 heteroatoms. The van der Waals surface area contributed by atoms with Crippen molar-refractivity contribution < 1.29 is 35.9 Å². The maximum atomic E-state index is 13.0. The number of carbonyl (C=O) groups excluding carboxylic acids is 1. The molecule has 0 radical (unpaired) electrons. The number of halogens is 3. The first-order valence-corrected chi connectivity index (χ1v) is 12.2. The standard InChI is InChI=1S/C25H24F3N3O5S/c1-31(37(33,34)20-11-9-19(10-12-20)25(26,27)28)21-7-5-4-6-18(21)16-29-30-24(32)15-17-8-13-22(35-2)23(14-17)36-3/h4-14,16H,15H2,1-3H3,(H,30,32). The summed E-state index contributed by atoms with van der Waals surface area (Å²) < 4.78 is 75.9. The Morgan fingerprint density at radius 2 is 1.65 bits per heavy atom. The van der Waals surface area contributed by atoms with Crippen LogP contribution < -0.4 is 19.2 Å². The number of carbonyl (C=O) groups is 1. The molecule has 0 saturated carbocycles. The molecule has 0 heterocycles. The monoisotopic (exact) mass is 535 g/mol. The van der Waals surface area contributed by atoms with Crippen LogP contribution in [0.3, 0.4) is 0 Å². The fraction of sp³-hybridized carbons (Fsp3) is 0.200. The van der Waals surface area contributed by atoms with Gasteiger partial charge in [-0.05, 0) is 48.0 Å². The van der Waals surface area contributed by atoms with Gasteiger partial charge in [-0.25, -0.2) is 13.8 Å². The lowest BCUT2D eigenvalue weighted by Gasteiger charge is -2.21. The Kier molecular flexibility index (Phi) is 8.43. The van der Waals surface area contributed by atoms with E-state index in [-0.39, 0.29) is 17.0 Å². The minimum atomic E-state index is -4.58. The molecule has 37 heavy (non-hydrogen) atoms. The fourth-order valence-corrected chi connectivity index (χ4v) is 4.60. The van der Waals surface area contributed by atoms with Gasteiger partial charge in [0.1, 0.15) is 0 Å². The fourth-order valence-electron chi connectivity index (χ4n) is 3.38. The lowest BCUT2D eigenvalue weighted by atomic mass is 10.1. The van der Waals surface area contributed by atoms with Gasteiger partial charge < -0.3 is 9.47 Å². The van der Waals surface area contributed by atoms with E-state index in [4.69, 9.17) is 9.47 Å². The molecule has 0 aliphatic rings. The van der Waals surface area contributed by atoms with Crippen LogP contribution in [0.5, 0.6) is 11.5 Å². The van der Waals surface area contributed by atoms with Crippen molar-refractivity contribution in [3.8, 4) is 11.5 Å². The van der Waals surface area contributed by atoms with Gasteiger partial charge in [-0.3, -0.25) is 9.10 Å². The number of nitrogens with one attached hydrogen (secondary N) is 1. The molecule has 0 fully saturated rings. The number of nitrogens with zero attached hydrogens (tertiary/aromatic N) is 2. The van der Waals surface area contributed by atoms with E-state index < -0.39 is 27.7 Å². The lowest BCUT2D eigenvalue weighted by molar-refractivity contribution is -0.137. The maximum Gasteiger partial charge on any atom is 0.416 e. The van der Waals surface area contributed by atoms with Crippen molar-refractivity contribution >= 4 is 27.8 Å². The van der Waals surface area contributed by atoms with Crippen LogP contribution in [-0.4, -0.2) is 41.8 Å². The predicted molar refractivity (Wildman–Crippen MR) is 132 cm³/mol. The third-order valence-corrected chi connectivity index (χ3v) is 7.11. The van der Waals surface area contributed by atoms with Gasteiger partial charge in [0.2, 0.25) is 5.91 Å². The first-order chi connectivity index (χ1) is 17.5. The highest BCUT2D eigenvalue weighted by molar-refractivity contribution is 7.92. The van der Waals surface area contributed by atoms with Gasteiger partial charge in [-0.15, -0.1) is 0 Å². The number of hydrogen-bond acceptors (Lipinski definition) is 6. The number of hydrogen-bond donors (Lipinski definition) is 1. The minimum Gasteiger partial charge on any atom is -0.493 e. The highest BCUT2D eigenvalue weighted by atomic mass is 32.2. The normalized spacial score (nSPS) is 11.8. The number of ether oxygens (including phenoxy) is 2. The number of amides is 1.